The summed E-state index contributed by atoms with van der Waals surface area (Å²) in [6.07, 6.45) is 2.89. The molecular weight excluding hydrogens is 426 g/mol. The van der Waals surface area contributed by atoms with Crippen LogP contribution >= 0.6 is 23.8 Å². The Bertz CT molecular complexity index is 893. The molecule has 1 atom stereocenters. The molecule has 2 heterocycles. The summed E-state index contributed by atoms with van der Waals surface area (Å²) >= 11 is 11.6. The van der Waals surface area contributed by atoms with Crippen LogP contribution in [0, 0.1) is 4.77 Å². The number of hydrogen-bond donors (Lipinski definition) is 1. The molecule has 1 aromatic heterocycles. The molecule has 0 spiro atoms. The van der Waals surface area contributed by atoms with Crippen LogP contribution in [0.3, 0.4) is 0 Å². The molecule has 2 N–H and O–H groups in total. The number of carbonyl (C=O) groups is 1. The van der Waals surface area contributed by atoms with Crippen LogP contribution in [0.1, 0.15) is 25.1 Å². The molecule has 2 aromatic rings. The van der Waals surface area contributed by atoms with Crippen molar-refractivity contribution < 1.29 is 14.3 Å². The average Bonchev–Trinajstić information content (AvgIpc) is 3.32. The third-order valence-corrected chi connectivity index (χ3v) is 5.62. The molecule has 0 unspecified atom stereocenters. The van der Waals surface area contributed by atoms with Crippen LogP contribution in [0.15, 0.2) is 24.3 Å². The molecule has 3 rings (SSSR count). The van der Waals surface area contributed by atoms with Gasteiger partial charge in [-0.3, -0.25) is 9.69 Å². The van der Waals surface area contributed by atoms with Gasteiger partial charge in [-0.2, -0.15) is 5.10 Å². The van der Waals surface area contributed by atoms with Crippen molar-refractivity contribution in [3.63, 3.8) is 0 Å². The second-order valence-corrected chi connectivity index (χ2v) is 8.24. The molecule has 1 aliphatic heterocycles. The Morgan fingerprint density at radius 3 is 2.87 bits per heavy atom. The van der Waals surface area contributed by atoms with Crippen LogP contribution in [0.2, 0.25) is 5.02 Å². The SMILES string of the molecule is CN(CCOc1ccc(Cl)cc1)Cn1nc(CCC(N)=O)n(C[C@H]2CCCO2)c1=S. The van der Waals surface area contributed by atoms with E-state index in [4.69, 9.17) is 39.0 Å². The van der Waals surface area contributed by atoms with Crippen LogP contribution in [0.4, 0.5) is 0 Å². The fourth-order valence-electron chi connectivity index (χ4n) is 3.32. The van der Waals surface area contributed by atoms with Crippen molar-refractivity contribution in [3.8, 4) is 5.75 Å². The van der Waals surface area contributed by atoms with Gasteiger partial charge in [0, 0.05) is 31.0 Å². The summed E-state index contributed by atoms with van der Waals surface area (Å²) in [4.78, 5) is 13.3. The molecule has 1 saturated heterocycles. The number of halogens is 1. The summed E-state index contributed by atoms with van der Waals surface area (Å²) in [6, 6.07) is 7.29. The van der Waals surface area contributed by atoms with Crippen molar-refractivity contribution in [2.45, 2.75) is 45.0 Å². The Morgan fingerprint density at radius 1 is 1.43 bits per heavy atom. The van der Waals surface area contributed by atoms with Crippen molar-refractivity contribution in [1.82, 2.24) is 19.2 Å². The summed E-state index contributed by atoms with van der Waals surface area (Å²) in [5.74, 6) is 1.19. The van der Waals surface area contributed by atoms with E-state index in [1.807, 2.05) is 23.7 Å². The number of primary amides is 1. The number of nitrogens with two attached hydrogens (primary N) is 1. The summed E-state index contributed by atoms with van der Waals surface area (Å²) in [6.45, 7) is 3.16. The van der Waals surface area contributed by atoms with Crippen LogP contribution in [-0.4, -0.2) is 58.1 Å². The number of likely N-dealkylation sites (N-methyl/N-ethyl adjacent to an activating group) is 1. The third kappa shape index (κ3) is 6.53. The molecule has 164 valence electrons. The molecule has 1 aromatic carbocycles. The van der Waals surface area contributed by atoms with E-state index in [1.165, 1.54) is 0 Å². The highest BCUT2D eigenvalue weighted by Gasteiger charge is 2.20. The van der Waals surface area contributed by atoms with Gasteiger partial charge in [-0.1, -0.05) is 11.6 Å². The number of amides is 1. The lowest BCUT2D eigenvalue weighted by molar-refractivity contribution is -0.118. The number of aromatic nitrogens is 3. The minimum absolute atomic E-state index is 0.132. The first-order valence-corrected chi connectivity index (χ1v) is 10.8. The minimum Gasteiger partial charge on any atom is -0.492 e. The van der Waals surface area contributed by atoms with Gasteiger partial charge >= 0.3 is 0 Å². The number of benzene rings is 1. The molecule has 0 aliphatic carbocycles. The van der Waals surface area contributed by atoms with E-state index in [2.05, 4.69) is 10.00 Å². The lowest BCUT2D eigenvalue weighted by Gasteiger charge is -2.17. The van der Waals surface area contributed by atoms with Crippen LogP contribution in [0.5, 0.6) is 5.75 Å². The number of carbonyl (C=O) groups excluding carboxylic acids is 1. The van der Waals surface area contributed by atoms with Crippen molar-refractivity contribution in [2.24, 2.45) is 5.73 Å². The van der Waals surface area contributed by atoms with Gasteiger partial charge in [-0.25, -0.2) is 4.68 Å². The first kappa shape index (κ1) is 22.7. The highest BCUT2D eigenvalue weighted by atomic mass is 35.5. The first-order chi connectivity index (χ1) is 14.4. The van der Waals surface area contributed by atoms with Gasteiger partial charge in [0.05, 0.1) is 19.3 Å². The molecule has 30 heavy (non-hydrogen) atoms. The zero-order chi connectivity index (χ0) is 21.5. The quantitative estimate of drug-likeness (QED) is 0.526. The van der Waals surface area contributed by atoms with Crippen LogP contribution < -0.4 is 10.5 Å². The van der Waals surface area contributed by atoms with Gasteiger partial charge in [-0.15, -0.1) is 0 Å². The Morgan fingerprint density at radius 2 is 2.20 bits per heavy atom. The van der Waals surface area contributed by atoms with Crippen molar-refractivity contribution in [1.29, 1.82) is 0 Å². The summed E-state index contributed by atoms with van der Waals surface area (Å²) in [5, 5.41) is 5.33. The van der Waals surface area contributed by atoms with E-state index in [0.29, 0.717) is 42.6 Å². The molecule has 1 amide bonds. The van der Waals surface area contributed by atoms with Gasteiger partial charge in [0.25, 0.3) is 0 Å². The van der Waals surface area contributed by atoms with Gasteiger partial charge in [0.2, 0.25) is 5.91 Å². The molecule has 10 heteroatoms. The maximum absolute atomic E-state index is 11.3. The molecule has 0 saturated carbocycles. The molecule has 8 nitrogen and oxygen atoms in total. The zero-order valence-electron chi connectivity index (χ0n) is 17.1. The van der Waals surface area contributed by atoms with Crippen LogP contribution in [0.25, 0.3) is 0 Å². The maximum Gasteiger partial charge on any atom is 0.217 e. The molecule has 1 aliphatic rings. The highest BCUT2D eigenvalue weighted by molar-refractivity contribution is 7.71. The van der Waals surface area contributed by atoms with E-state index in [0.717, 1.165) is 31.0 Å². The van der Waals surface area contributed by atoms with Crippen molar-refractivity contribution in [2.75, 3.05) is 26.8 Å². The summed E-state index contributed by atoms with van der Waals surface area (Å²) in [7, 11) is 1.98. The third-order valence-electron chi connectivity index (χ3n) is 4.94. The summed E-state index contributed by atoms with van der Waals surface area (Å²) < 4.78 is 15.9. The number of rotatable bonds is 11. The first-order valence-electron chi connectivity index (χ1n) is 10.1. The largest absolute Gasteiger partial charge is 0.492 e. The lowest BCUT2D eigenvalue weighted by Crippen LogP contribution is -2.27. The van der Waals surface area contributed by atoms with Crippen LogP contribution in [-0.2, 0) is 29.2 Å². The van der Waals surface area contributed by atoms with E-state index in [9.17, 15) is 4.79 Å². The Balaban J connectivity index is 1.60. The summed E-state index contributed by atoms with van der Waals surface area (Å²) in [5.41, 5.74) is 5.33. The zero-order valence-corrected chi connectivity index (χ0v) is 18.7. The normalized spacial score (nSPS) is 16.3. The second kappa shape index (κ2) is 10.9. The molecular formula is C20H28ClN5O3S. The van der Waals surface area contributed by atoms with Gasteiger partial charge in [0.1, 0.15) is 18.2 Å². The monoisotopic (exact) mass is 453 g/mol. The Hall–Kier alpha value is -1.94. The van der Waals surface area contributed by atoms with Crippen molar-refractivity contribution >= 4 is 29.7 Å². The molecule has 0 radical (unpaired) electrons. The van der Waals surface area contributed by atoms with Gasteiger partial charge in [-0.05, 0) is 56.4 Å². The maximum atomic E-state index is 11.3. The standard InChI is InChI=1S/C20H28ClN5O3S/c1-24(10-12-29-16-6-4-15(21)5-7-16)14-26-20(30)25(13-17-3-2-11-28-17)19(23-26)9-8-18(22)27/h4-7,17H,2-3,8-14H2,1H3,(H2,22,27)/t17-/m1/s1. The minimum atomic E-state index is -0.351. The van der Waals surface area contributed by atoms with Gasteiger partial charge < -0.3 is 19.8 Å². The second-order valence-electron chi connectivity index (χ2n) is 7.43. The molecule has 0 bridgehead atoms. The van der Waals surface area contributed by atoms with E-state index in [1.54, 1.807) is 16.8 Å². The number of ether oxygens (including phenoxy) is 2. The predicted octanol–water partition coefficient (Wildman–Crippen LogP) is 2.63. The fourth-order valence-corrected chi connectivity index (χ4v) is 3.73. The fraction of sp³-hybridized carbons (Fsp3) is 0.550. The van der Waals surface area contributed by atoms with Crippen molar-refractivity contribution in [3.05, 3.63) is 39.9 Å². The Labute approximate surface area is 186 Å². The van der Waals surface area contributed by atoms with E-state index >= 15 is 0 Å². The average molecular weight is 454 g/mol. The number of aryl methyl sites for hydroxylation is 1. The number of nitrogens with zero attached hydrogens (tertiary/aromatic N) is 4. The Kier molecular flexibility index (Phi) is 8.26. The van der Waals surface area contributed by atoms with E-state index in [-0.39, 0.29) is 18.4 Å². The predicted molar refractivity (Wildman–Crippen MR) is 117 cm³/mol. The van der Waals surface area contributed by atoms with Gasteiger partial charge in [0.15, 0.2) is 4.77 Å². The highest BCUT2D eigenvalue weighted by Crippen LogP contribution is 2.17. The topological polar surface area (TPSA) is 87.5 Å². The lowest BCUT2D eigenvalue weighted by atomic mass is 10.2. The van der Waals surface area contributed by atoms with E-state index < -0.39 is 0 Å². The molecule has 1 fully saturated rings. The number of hydrogen-bond acceptors (Lipinski definition) is 6. The smallest absolute Gasteiger partial charge is 0.217 e.